The minimum Gasteiger partial charge on any atom is -0.457 e. The molecule has 2 fully saturated rings. The summed E-state index contributed by atoms with van der Waals surface area (Å²) in [5.41, 5.74) is 2.29. The molecule has 2 aliphatic heterocycles. The number of likely N-dealkylation sites (tertiary alicyclic amines) is 1. The lowest BCUT2D eigenvalue weighted by atomic mass is 9.96. The standard InChI is InChI=1S/C35H36F3N3O5/c1-23-30(33(42)13-10-29-22-44-18-19-45-29)11-12-32-31(23)21-41(39-32)20-24-14-16-40(17-15-24)34(43)25-2-6-27(7-3-25)46-28-8-4-26(5-9-28)35(36,37)38/h2-9,11-12,21,24,29H,10,13-20,22H2,1H3/t29-/m1/s1. The van der Waals surface area contributed by atoms with Crippen LogP contribution in [0, 0.1) is 12.8 Å². The Bertz CT molecular complexity index is 1670. The quantitative estimate of drug-likeness (QED) is 0.183. The van der Waals surface area contributed by atoms with E-state index in [1.54, 1.807) is 24.3 Å². The van der Waals surface area contributed by atoms with Crippen LogP contribution in [0.1, 0.15) is 57.5 Å². The second kappa shape index (κ2) is 13.6. The Hall–Kier alpha value is -4.22. The van der Waals surface area contributed by atoms with Crippen molar-refractivity contribution in [3.63, 3.8) is 0 Å². The number of piperidine rings is 1. The Morgan fingerprint density at radius 3 is 2.30 bits per heavy atom. The van der Waals surface area contributed by atoms with Crippen molar-refractivity contribution >= 4 is 22.6 Å². The molecule has 0 N–H and O–H groups in total. The Balaban J connectivity index is 1.00. The van der Waals surface area contributed by atoms with Gasteiger partial charge in [0, 0.05) is 48.8 Å². The molecule has 3 heterocycles. The van der Waals surface area contributed by atoms with Crippen LogP contribution in [0.2, 0.25) is 0 Å². The molecule has 0 aliphatic carbocycles. The number of nitrogens with zero attached hydrogens (tertiary/aromatic N) is 3. The minimum absolute atomic E-state index is 0.0323. The van der Waals surface area contributed by atoms with Crippen LogP contribution >= 0.6 is 0 Å². The number of aryl methyl sites for hydroxylation is 1. The number of carbonyl (C=O) groups is 2. The molecule has 1 aromatic heterocycles. The second-order valence-electron chi connectivity index (χ2n) is 11.9. The highest BCUT2D eigenvalue weighted by molar-refractivity contribution is 6.01. The lowest BCUT2D eigenvalue weighted by molar-refractivity contribution is -0.137. The molecule has 6 rings (SSSR count). The van der Waals surface area contributed by atoms with Crippen LogP contribution in [-0.2, 0) is 22.2 Å². The molecule has 1 amide bonds. The maximum absolute atomic E-state index is 13.2. The average molecular weight is 636 g/mol. The fourth-order valence-electron chi connectivity index (χ4n) is 6.09. The van der Waals surface area contributed by atoms with Gasteiger partial charge in [-0.3, -0.25) is 14.3 Å². The number of amides is 1. The van der Waals surface area contributed by atoms with E-state index in [0.717, 1.165) is 53.5 Å². The molecule has 0 radical (unpaired) electrons. The van der Waals surface area contributed by atoms with Crippen molar-refractivity contribution in [1.29, 1.82) is 0 Å². The Labute approximate surface area is 265 Å². The zero-order valence-electron chi connectivity index (χ0n) is 25.6. The van der Waals surface area contributed by atoms with Gasteiger partial charge in [-0.05, 0) is 98.3 Å². The summed E-state index contributed by atoms with van der Waals surface area (Å²) in [5, 5.41) is 5.74. The summed E-state index contributed by atoms with van der Waals surface area (Å²) in [7, 11) is 0. The molecule has 4 aromatic rings. The zero-order chi connectivity index (χ0) is 32.3. The third kappa shape index (κ3) is 7.42. The SMILES string of the molecule is Cc1c(C(=O)CC[C@@H]2COCCO2)ccc2nn(CC3CCN(C(=O)c4ccc(Oc5ccc(C(F)(F)F)cc5)cc4)CC3)cc12. The number of ether oxygens (including phenoxy) is 3. The number of ketones is 1. The van der Waals surface area contributed by atoms with E-state index in [2.05, 4.69) is 0 Å². The maximum Gasteiger partial charge on any atom is 0.416 e. The molecule has 3 aromatic carbocycles. The van der Waals surface area contributed by atoms with Crippen molar-refractivity contribution in [2.75, 3.05) is 32.9 Å². The summed E-state index contributed by atoms with van der Waals surface area (Å²) in [6.45, 7) is 5.66. The second-order valence-corrected chi connectivity index (χ2v) is 11.9. The molecule has 11 heteroatoms. The lowest BCUT2D eigenvalue weighted by Gasteiger charge is -2.32. The van der Waals surface area contributed by atoms with Crippen molar-refractivity contribution < 1.29 is 37.0 Å². The number of halogens is 3. The summed E-state index contributed by atoms with van der Waals surface area (Å²) in [6.07, 6.45) is 0.311. The topological polar surface area (TPSA) is 82.9 Å². The van der Waals surface area contributed by atoms with Crippen LogP contribution in [0.5, 0.6) is 11.5 Å². The Kier molecular flexibility index (Phi) is 9.42. The number of Topliss-reactive ketones (excluding diaryl/α,β-unsaturated/α-hetero) is 1. The first kappa shape index (κ1) is 31.7. The molecule has 8 nitrogen and oxygen atoms in total. The van der Waals surface area contributed by atoms with E-state index in [0.29, 0.717) is 63.0 Å². The number of rotatable bonds is 9. The molecule has 2 aliphatic rings. The average Bonchev–Trinajstić information content (AvgIpc) is 3.48. The normalized spacial score (nSPS) is 17.7. The summed E-state index contributed by atoms with van der Waals surface area (Å²) < 4.78 is 57.1. The molecular formula is C35H36F3N3O5. The highest BCUT2D eigenvalue weighted by Gasteiger charge is 2.30. The van der Waals surface area contributed by atoms with Crippen molar-refractivity contribution in [2.24, 2.45) is 5.92 Å². The number of aromatic nitrogens is 2. The third-order valence-corrected chi connectivity index (χ3v) is 8.75. The Morgan fingerprint density at radius 2 is 1.65 bits per heavy atom. The van der Waals surface area contributed by atoms with Gasteiger partial charge in [0.25, 0.3) is 5.91 Å². The molecule has 1 atom stereocenters. The van der Waals surface area contributed by atoms with Crippen LogP contribution in [0.15, 0.2) is 66.9 Å². The van der Waals surface area contributed by atoms with Crippen LogP contribution < -0.4 is 4.74 Å². The monoisotopic (exact) mass is 635 g/mol. The summed E-state index contributed by atoms with van der Waals surface area (Å²) in [5.74, 6) is 1.09. The van der Waals surface area contributed by atoms with Gasteiger partial charge in [-0.25, -0.2) is 0 Å². The maximum atomic E-state index is 13.2. The van der Waals surface area contributed by atoms with Crippen molar-refractivity contribution in [2.45, 2.75) is 51.4 Å². The third-order valence-electron chi connectivity index (χ3n) is 8.75. The molecular weight excluding hydrogens is 599 g/mol. The minimum atomic E-state index is -4.41. The fraction of sp³-hybridized carbons (Fsp3) is 0.400. The number of alkyl halides is 3. The van der Waals surface area contributed by atoms with Gasteiger partial charge in [-0.15, -0.1) is 0 Å². The number of hydrogen-bond acceptors (Lipinski definition) is 6. The molecule has 0 spiro atoms. The Morgan fingerprint density at radius 1 is 0.957 bits per heavy atom. The van der Waals surface area contributed by atoms with E-state index in [-0.39, 0.29) is 23.5 Å². The molecule has 2 saturated heterocycles. The van der Waals surface area contributed by atoms with Crippen molar-refractivity contribution in [3.8, 4) is 11.5 Å². The molecule has 242 valence electrons. The van der Waals surface area contributed by atoms with Gasteiger partial charge in [-0.2, -0.15) is 18.3 Å². The number of carbonyl (C=O) groups excluding carboxylic acids is 2. The summed E-state index contributed by atoms with van der Waals surface area (Å²) in [6, 6.07) is 14.9. The lowest BCUT2D eigenvalue weighted by Crippen LogP contribution is -2.39. The predicted molar refractivity (Wildman–Crippen MR) is 165 cm³/mol. The van der Waals surface area contributed by atoms with Gasteiger partial charge >= 0.3 is 6.18 Å². The molecule has 0 unspecified atom stereocenters. The largest absolute Gasteiger partial charge is 0.457 e. The van der Waals surface area contributed by atoms with Gasteiger partial charge in [-0.1, -0.05) is 0 Å². The van der Waals surface area contributed by atoms with E-state index in [1.165, 1.54) is 12.1 Å². The molecule has 0 saturated carbocycles. The van der Waals surface area contributed by atoms with Crippen LogP contribution in [0.4, 0.5) is 13.2 Å². The van der Waals surface area contributed by atoms with E-state index in [9.17, 15) is 22.8 Å². The number of fused-ring (bicyclic) bond motifs is 1. The smallest absolute Gasteiger partial charge is 0.416 e. The van der Waals surface area contributed by atoms with Crippen molar-refractivity contribution in [3.05, 3.63) is 89.1 Å². The predicted octanol–water partition coefficient (Wildman–Crippen LogP) is 7.09. The summed E-state index contributed by atoms with van der Waals surface area (Å²) >= 11 is 0. The molecule has 0 bridgehead atoms. The first-order valence-electron chi connectivity index (χ1n) is 15.6. The summed E-state index contributed by atoms with van der Waals surface area (Å²) in [4.78, 5) is 28.0. The van der Waals surface area contributed by atoms with Crippen LogP contribution in [-0.4, -0.2) is 65.4 Å². The van der Waals surface area contributed by atoms with Crippen LogP contribution in [0.3, 0.4) is 0 Å². The van der Waals surface area contributed by atoms with E-state index in [1.807, 2.05) is 34.8 Å². The first-order chi connectivity index (χ1) is 22.1. The van der Waals surface area contributed by atoms with Crippen LogP contribution in [0.25, 0.3) is 10.9 Å². The number of benzene rings is 3. The van der Waals surface area contributed by atoms with Gasteiger partial charge in [0.05, 0.1) is 37.0 Å². The highest BCUT2D eigenvalue weighted by atomic mass is 19.4. The first-order valence-corrected chi connectivity index (χ1v) is 15.6. The van der Waals surface area contributed by atoms with Gasteiger partial charge in [0.2, 0.25) is 0 Å². The van der Waals surface area contributed by atoms with Crippen molar-refractivity contribution in [1.82, 2.24) is 14.7 Å². The van der Waals surface area contributed by atoms with E-state index in [4.69, 9.17) is 19.3 Å². The number of hydrogen-bond donors (Lipinski definition) is 0. The van der Waals surface area contributed by atoms with E-state index >= 15 is 0 Å². The highest BCUT2D eigenvalue weighted by Crippen LogP contribution is 2.32. The van der Waals surface area contributed by atoms with Gasteiger partial charge in [0.15, 0.2) is 5.78 Å². The van der Waals surface area contributed by atoms with E-state index < -0.39 is 11.7 Å². The zero-order valence-corrected chi connectivity index (χ0v) is 25.6. The fourth-order valence-corrected chi connectivity index (χ4v) is 6.09. The van der Waals surface area contributed by atoms with Gasteiger partial charge < -0.3 is 19.1 Å². The molecule has 46 heavy (non-hydrogen) atoms. The van der Waals surface area contributed by atoms with Gasteiger partial charge in [0.1, 0.15) is 11.5 Å².